The van der Waals surface area contributed by atoms with Gasteiger partial charge < -0.3 is 10.6 Å². The van der Waals surface area contributed by atoms with Gasteiger partial charge >= 0.3 is 0 Å². The van der Waals surface area contributed by atoms with E-state index in [9.17, 15) is 0 Å². The SMILES string of the molecule is C=CCNC1CCC2c3cccc(C)c3NC12. The van der Waals surface area contributed by atoms with Gasteiger partial charge in [-0.25, -0.2) is 0 Å². The van der Waals surface area contributed by atoms with E-state index in [2.05, 4.69) is 42.3 Å². The van der Waals surface area contributed by atoms with Crippen LogP contribution in [0.15, 0.2) is 30.9 Å². The molecule has 0 aromatic heterocycles. The predicted octanol–water partition coefficient (Wildman–Crippen LogP) is 2.81. The Bertz CT molecular complexity index is 439. The van der Waals surface area contributed by atoms with Crippen LogP contribution in [0.4, 0.5) is 5.69 Å². The number of hydrogen-bond donors (Lipinski definition) is 2. The van der Waals surface area contributed by atoms with E-state index in [0.29, 0.717) is 18.0 Å². The van der Waals surface area contributed by atoms with E-state index >= 15 is 0 Å². The Kier molecular flexibility index (Phi) is 2.67. The van der Waals surface area contributed by atoms with Crippen LogP contribution in [0, 0.1) is 6.92 Å². The zero-order chi connectivity index (χ0) is 11.8. The molecule has 1 aromatic rings. The fourth-order valence-electron chi connectivity index (χ4n) is 3.38. The predicted molar refractivity (Wildman–Crippen MR) is 72.6 cm³/mol. The smallest absolute Gasteiger partial charge is 0.0484 e. The largest absolute Gasteiger partial charge is 0.380 e. The molecule has 0 saturated heterocycles. The van der Waals surface area contributed by atoms with Gasteiger partial charge in [-0.15, -0.1) is 6.58 Å². The van der Waals surface area contributed by atoms with Crippen LogP contribution in [0.5, 0.6) is 0 Å². The highest BCUT2D eigenvalue weighted by atomic mass is 15.1. The van der Waals surface area contributed by atoms with Crippen LogP contribution < -0.4 is 10.6 Å². The second-order valence-corrected chi connectivity index (χ2v) is 5.20. The lowest BCUT2D eigenvalue weighted by atomic mass is 9.96. The van der Waals surface area contributed by atoms with Crippen molar-refractivity contribution in [2.75, 3.05) is 11.9 Å². The van der Waals surface area contributed by atoms with E-state index < -0.39 is 0 Å². The monoisotopic (exact) mass is 228 g/mol. The van der Waals surface area contributed by atoms with E-state index in [1.165, 1.54) is 29.7 Å². The zero-order valence-electron chi connectivity index (χ0n) is 10.4. The zero-order valence-corrected chi connectivity index (χ0v) is 10.4. The third-order valence-electron chi connectivity index (χ3n) is 4.20. The second kappa shape index (κ2) is 4.19. The molecule has 1 heterocycles. The summed E-state index contributed by atoms with van der Waals surface area (Å²) >= 11 is 0. The van der Waals surface area contributed by atoms with Crippen LogP contribution in [0.3, 0.4) is 0 Å². The molecule has 1 saturated carbocycles. The van der Waals surface area contributed by atoms with E-state index in [1.807, 2.05) is 6.08 Å². The van der Waals surface area contributed by atoms with Crippen molar-refractivity contribution in [3.05, 3.63) is 42.0 Å². The number of fused-ring (bicyclic) bond motifs is 3. The molecule has 3 unspecified atom stereocenters. The minimum absolute atomic E-state index is 0.575. The van der Waals surface area contributed by atoms with Gasteiger partial charge in [-0.1, -0.05) is 24.3 Å². The summed E-state index contributed by atoms with van der Waals surface area (Å²) in [5.41, 5.74) is 4.28. The summed E-state index contributed by atoms with van der Waals surface area (Å²) in [6.45, 7) is 6.88. The topological polar surface area (TPSA) is 24.1 Å². The first-order chi connectivity index (χ1) is 8.31. The van der Waals surface area contributed by atoms with Crippen molar-refractivity contribution in [1.29, 1.82) is 0 Å². The first kappa shape index (κ1) is 10.8. The summed E-state index contributed by atoms with van der Waals surface area (Å²) in [7, 11) is 0. The number of hydrogen-bond acceptors (Lipinski definition) is 2. The Morgan fingerprint density at radius 1 is 1.47 bits per heavy atom. The van der Waals surface area contributed by atoms with Crippen LogP contribution in [0.2, 0.25) is 0 Å². The molecule has 0 radical (unpaired) electrons. The standard InChI is InChI=1S/C15H20N2/c1-3-9-16-13-8-7-12-11-6-4-5-10(2)14(11)17-15(12)13/h3-6,12-13,15-17H,1,7-9H2,2H3. The minimum atomic E-state index is 0.575. The molecule has 1 aromatic carbocycles. The van der Waals surface area contributed by atoms with Gasteiger partial charge in [0.05, 0.1) is 0 Å². The Morgan fingerprint density at radius 2 is 2.35 bits per heavy atom. The summed E-state index contributed by atoms with van der Waals surface area (Å²) in [6.07, 6.45) is 4.51. The van der Waals surface area contributed by atoms with Crippen LogP contribution >= 0.6 is 0 Å². The van der Waals surface area contributed by atoms with Gasteiger partial charge in [-0.2, -0.15) is 0 Å². The molecule has 0 bridgehead atoms. The lowest BCUT2D eigenvalue weighted by Crippen LogP contribution is -2.40. The number of rotatable bonds is 3. The fourth-order valence-corrected chi connectivity index (χ4v) is 3.38. The maximum absolute atomic E-state index is 3.78. The van der Waals surface area contributed by atoms with Gasteiger partial charge in [0, 0.05) is 30.2 Å². The van der Waals surface area contributed by atoms with Gasteiger partial charge in [0.1, 0.15) is 0 Å². The molecule has 3 atom stereocenters. The van der Waals surface area contributed by atoms with E-state index in [-0.39, 0.29) is 0 Å². The van der Waals surface area contributed by atoms with Crippen molar-refractivity contribution >= 4 is 5.69 Å². The number of anilines is 1. The molecule has 3 rings (SSSR count). The highest BCUT2D eigenvalue weighted by Crippen LogP contribution is 2.46. The summed E-state index contributed by atoms with van der Waals surface area (Å²) < 4.78 is 0. The highest BCUT2D eigenvalue weighted by molar-refractivity contribution is 5.65. The van der Waals surface area contributed by atoms with Gasteiger partial charge in [-0.05, 0) is 30.9 Å². The second-order valence-electron chi connectivity index (χ2n) is 5.20. The molecular weight excluding hydrogens is 208 g/mol. The van der Waals surface area contributed by atoms with E-state index in [4.69, 9.17) is 0 Å². The van der Waals surface area contributed by atoms with Crippen LogP contribution in [-0.4, -0.2) is 18.6 Å². The van der Waals surface area contributed by atoms with Gasteiger partial charge in [0.2, 0.25) is 0 Å². The third-order valence-corrected chi connectivity index (χ3v) is 4.20. The lowest BCUT2D eigenvalue weighted by molar-refractivity contribution is 0.515. The maximum Gasteiger partial charge on any atom is 0.0484 e. The van der Waals surface area contributed by atoms with Crippen LogP contribution in [0.25, 0.3) is 0 Å². The van der Waals surface area contributed by atoms with Crippen molar-refractivity contribution in [3.63, 3.8) is 0 Å². The highest BCUT2D eigenvalue weighted by Gasteiger charge is 2.42. The third kappa shape index (κ3) is 1.67. The Hall–Kier alpha value is -1.28. The Labute approximate surface area is 103 Å². The fraction of sp³-hybridized carbons (Fsp3) is 0.467. The maximum atomic E-state index is 3.78. The Balaban J connectivity index is 1.84. The van der Waals surface area contributed by atoms with E-state index in [0.717, 1.165) is 6.54 Å². The van der Waals surface area contributed by atoms with Gasteiger partial charge in [-0.3, -0.25) is 0 Å². The summed E-state index contributed by atoms with van der Waals surface area (Å²) in [5, 5.41) is 7.30. The summed E-state index contributed by atoms with van der Waals surface area (Å²) in [4.78, 5) is 0. The van der Waals surface area contributed by atoms with Gasteiger partial charge in [0.25, 0.3) is 0 Å². The molecular formula is C15H20N2. The molecule has 1 fully saturated rings. The molecule has 2 N–H and O–H groups in total. The lowest BCUT2D eigenvalue weighted by Gasteiger charge is -2.20. The van der Waals surface area contributed by atoms with E-state index in [1.54, 1.807) is 0 Å². The molecule has 0 spiro atoms. The first-order valence-corrected chi connectivity index (χ1v) is 6.51. The summed E-state index contributed by atoms with van der Waals surface area (Å²) in [5.74, 6) is 0.701. The number of para-hydroxylation sites is 1. The Morgan fingerprint density at radius 3 is 3.18 bits per heavy atom. The van der Waals surface area contributed by atoms with Crippen LogP contribution in [-0.2, 0) is 0 Å². The molecule has 2 heteroatoms. The molecule has 2 aliphatic rings. The van der Waals surface area contributed by atoms with Crippen molar-refractivity contribution in [2.45, 2.75) is 37.8 Å². The molecule has 1 aliphatic carbocycles. The number of aryl methyl sites for hydroxylation is 1. The molecule has 1 aliphatic heterocycles. The number of benzene rings is 1. The van der Waals surface area contributed by atoms with Crippen molar-refractivity contribution in [1.82, 2.24) is 5.32 Å². The normalized spacial score (nSPS) is 29.6. The molecule has 0 amide bonds. The summed E-state index contributed by atoms with van der Waals surface area (Å²) in [6, 6.07) is 7.83. The first-order valence-electron chi connectivity index (χ1n) is 6.51. The molecule has 2 nitrogen and oxygen atoms in total. The average molecular weight is 228 g/mol. The molecule has 90 valence electrons. The quantitative estimate of drug-likeness (QED) is 0.777. The minimum Gasteiger partial charge on any atom is -0.380 e. The average Bonchev–Trinajstić information content (AvgIpc) is 2.87. The van der Waals surface area contributed by atoms with Crippen LogP contribution in [0.1, 0.15) is 29.9 Å². The van der Waals surface area contributed by atoms with Crippen molar-refractivity contribution < 1.29 is 0 Å². The van der Waals surface area contributed by atoms with Crippen molar-refractivity contribution in [2.24, 2.45) is 0 Å². The number of nitrogens with one attached hydrogen (secondary N) is 2. The molecule has 17 heavy (non-hydrogen) atoms. The van der Waals surface area contributed by atoms with Gasteiger partial charge in [0.15, 0.2) is 0 Å². The van der Waals surface area contributed by atoms with Crippen molar-refractivity contribution in [3.8, 4) is 0 Å².